The molecule has 1 heterocycles. The third-order valence-corrected chi connectivity index (χ3v) is 6.29. The average molecular weight is 532 g/mol. The van der Waals surface area contributed by atoms with Crippen molar-refractivity contribution in [3.8, 4) is 11.6 Å². The van der Waals surface area contributed by atoms with Crippen LogP contribution in [-0.4, -0.2) is 42.1 Å². The van der Waals surface area contributed by atoms with E-state index in [1.807, 2.05) is 48.5 Å². The highest BCUT2D eigenvalue weighted by Crippen LogP contribution is 2.27. The van der Waals surface area contributed by atoms with Crippen molar-refractivity contribution in [2.24, 2.45) is 5.73 Å². The lowest BCUT2D eigenvalue weighted by Gasteiger charge is -2.28. The predicted octanol–water partition coefficient (Wildman–Crippen LogP) is 5.89. The fourth-order valence-electron chi connectivity index (χ4n) is 4.38. The highest BCUT2D eigenvalue weighted by Gasteiger charge is 2.19. The molecule has 6 nitrogen and oxygen atoms in total. The first-order valence-electron chi connectivity index (χ1n) is 12.7. The van der Waals surface area contributed by atoms with Gasteiger partial charge in [-0.1, -0.05) is 72.8 Å². The summed E-state index contributed by atoms with van der Waals surface area (Å²) in [6.45, 7) is -0.329. The fourth-order valence-corrected chi connectivity index (χ4v) is 4.38. The van der Waals surface area contributed by atoms with Gasteiger partial charge >= 0.3 is 6.61 Å². The minimum Gasteiger partial charge on any atom is -0.478 e. The maximum Gasteiger partial charge on any atom is 0.387 e. The van der Waals surface area contributed by atoms with Crippen molar-refractivity contribution in [3.63, 3.8) is 0 Å². The van der Waals surface area contributed by atoms with E-state index in [0.717, 1.165) is 25.1 Å². The third kappa shape index (κ3) is 8.61. The van der Waals surface area contributed by atoms with E-state index < -0.39 is 12.5 Å². The standard InChI is InChI=1S/C31H31F2N3O3/c32-31(33)39-27-15-12-23(13-16-27)21-36(18-7-19-38-29-17-14-26(20-35-29)30(34)37)22-28(24-8-3-1-4-9-24)25-10-5-2-6-11-25/h1-6,8-17,20,28,31H,7,18-19,21-22H2,(H2,34,37). The van der Waals surface area contributed by atoms with Crippen LogP contribution in [0.4, 0.5) is 8.78 Å². The molecule has 0 saturated heterocycles. The molecule has 0 spiro atoms. The minimum absolute atomic E-state index is 0.134. The van der Waals surface area contributed by atoms with E-state index in [-0.39, 0.29) is 11.7 Å². The van der Waals surface area contributed by atoms with Gasteiger partial charge in [-0.15, -0.1) is 0 Å². The van der Waals surface area contributed by atoms with Gasteiger partial charge in [0.05, 0.1) is 12.2 Å². The maximum absolute atomic E-state index is 12.6. The van der Waals surface area contributed by atoms with E-state index in [2.05, 4.69) is 38.9 Å². The number of amides is 1. The lowest BCUT2D eigenvalue weighted by atomic mass is 9.90. The minimum atomic E-state index is -2.86. The Morgan fingerprint density at radius 1 is 0.872 bits per heavy atom. The number of halogens is 2. The SMILES string of the molecule is NC(=O)c1ccc(OCCCN(Cc2ccc(OC(F)F)cc2)CC(c2ccccc2)c2ccccc2)nc1. The Morgan fingerprint density at radius 2 is 1.51 bits per heavy atom. The molecule has 2 N–H and O–H groups in total. The van der Waals surface area contributed by atoms with Gasteiger partial charge in [0.2, 0.25) is 11.8 Å². The molecule has 39 heavy (non-hydrogen) atoms. The summed E-state index contributed by atoms with van der Waals surface area (Å²) in [5.41, 5.74) is 9.01. The lowest BCUT2D eigenvalue weighted by Crippen LogP contribution is -2.30. The van der Waals surface area contributed by atoms with E-state index in [1.165, 1.54) is 17.3 Å². The second kappa shape index (κ2) is 14.0. The Hall–Kier alpha value is -4.30. The second-order valence-corrected chi connectivity index (χ2v) is 9.08. The van der Waals surface area contributed by atoms with E-state index in [9.17, 15) is 13.6 Å². The molecule has 0 radical (unpaired) electrons. The third-order valence-electron chi connectivity index (χ3n) is 6.29. The van der Waals surface area contributed by atoms with E-state index in [1.54, 1.807) is 24.3 Å². The molecular formula is C31H31F2N3O3. The number of aromatic nitrogens is 1. The zero-order valence-electron chi connectivity index (χ0n) is 21.5. The number of rotatable bonds is 14. The Bertz CT molecular complexity index is 1250. The van der Waals surface area contributed by atoms with Crippen LogP contribution in [0.1, 0.15) is 39.4 Å². The van der Waals surface area contributed by atoms with Gasteiger partial charge in [0, 0.05) is 37.8 Å². The molecule has 202 valence electrons. The summed E-state index contributed by atoms with van der Waals surface area (Å²) in [7, 11) is 0. The first-order valence-corrected chi connectivity index (χ1v) is 12.7. The number of carbonyl (C=O) groups excluding carboxylic acids is 1. The molecule has 0 atom stereocenters. The van der Waals surface area contributed by atoms with Crippen LogP contribution in [0.2, 0.25) is 0 Å². The Morgan fingerprint density at radius 3 is 2.05 bits per heavy atom. The number of nitrogens with zero attached hydrogens (tertiary/aromatic N) is 2. The summed E-state index contributed by atoms with van der Waals surface area (Å²) in [6, 6.07) is 30.7. The molecule has 0 aliphatic rings. The van der Waals surface area contributed by atoms with Crippen LogP contribution in [-0.2, 0) is 6.54 Å². The molecule has 1 amide bonds. The van der Waals surface area contributed by atoms with Gasteiger partial charge in [-0.3, -0.25) is 9.69 Å². The van der Waals surface area contributed by atoms with Gasteiger partial charge in [-0.05, 0) is 41.3 Å². The lowest BCUT2D eigenvalue weighted by molar-refractivity contribution is -0.0498. The molecule has 0 aliphatic heterocycles. The predicted molar refractivity (Wildman–Crippen MR) is 146 cm³/mol. The van der Waals surface area contributed by atoms with Crippen LogP contribution >= 0.6 is 0 Å². The van der Waals surface area contributed by atoms with Gasteiger partial charge in [0.25, 0.3) is 0 Å². The van der Waals surface area contributed by atoms with Crippen molar-refractivity contribution in [1.82, 2.24) is 9.88 Å². The molecule has 4 aromatic rings. The summed E-state index contributed by atoms with van der Waals surface area (Å²) >= 11 is 0. The van der Waals surface area contributed by atoms with Crippen LogP contribution in [0.15, 0.2) is 103 Å². The Balaban J connectivity index is 1.47. The number of alkyl halides is 2. The Labute approximate surface area is 227 Å². The van der Waals surface area contributed by atoms with Crippen LogP contribution < -0.4 is 15.2 Å². The van der Waals surface area contributed by atoms with Crippen LogP contribution in [0.5, 0.6) is 11.6 Å². The van der Waals surface area contributed by atoms with Crippen LogP contribution in [0.3, 0.4) is 0 Å². The van der Waals surface area contributed by atoms with Gasteiger partial charge in [0.1, 0.15) is 5.75 Å². The summed E-state index contributed by atoms with van der Waals surface area (Å²) in [5, 5.41) is 0. The number of ether oxygens (including phenoxy) is 2. The zero-order valence-corrected chi connectivity index (χ0v) is 21.5. The molecule has 4 rings (SSSR count). The second-order valence-electron chi connectivity index (χ2n) is 9.08. The number of hydrogen-bond acceptors (Lipinski definition) is 5. The molecule has 0 unspecified atom stereocenters. The molecule has 3 aromatic carbocycles. The molecule has 0 fully saturated rings. The van der Waals surface area contributed by atoms with Crippen molar-refractivity contribution >= 4 is 5.91 Å². The van der Waals surface area contributed by atoms with Crippen molar-refractivity contribution in [1.29, 1.82) is 0 Å². The monoisotopic (exact) mass is 531 g/mol. The van der Waals surface area contributed by atoms with Crippen LogP contribution in [0, 0.1) is 0 Å². The summed E-state index contributed by atoms with van der Waals surface area (Å²) < 4.78 is 35.5. The van der Waals surface area contributed by atoms with Gasteiger partial charge in [0.15, 0.2) is 0 Å². The fraction of sp³-hybridized carbons (Fsp3) is 0.226. The highest BCUT2D eigenvalue weighted by atomic mass is 19.3. The van der Waals surface area contributed by atoms with Gasteiger partial charge < -0.3 is 15.2 Å². The van der Waals surface area contributed by atoms with Crippen molar-refractivity contribution in [3.05, 3.63) is 126 Å². The van der Waals surface area contributed by atoms with Crippen molar-refractivity contribution < 1.29 is 23.0 Å². The largest absolute Gasteiger partial charge is 0.478 e. The highest BCUT2D eigenvalue weighted by molar-refractivity contribution is 5.92. The molecule has 1 aromatic heterocycles. The van der Waals surface area contributed by atoms with Crippen LogP contribution in [0.25, 0.3) is 0 Å². The summed E-state index contributed by atoms with van der Waals surface area (Å²) in [5.74, 6) is 0.158. The smallest absolute Gasteiger partial charge is 0.387 e. The molecular weight excluding hydrogens is 500 g/mol. The van der Waals surface area contributed by atoms with E-state index in [0.29, 0.717) is 24.6 Å². The van der Waals surface area contributed by atoms with E-state index in [4.69, 9.17) is 10.5 Å². The van der Waals surface area contributed by atoms with Crippen molar-refractivity contribution in [2.75, 3.05) is 19.7 Å². The summed E-state index contributed by atoms with van der Waals surface area (Å²) in [6.07, 6.45) is 2.12. The molecule has 8 heteroatoms. The van der Waals surface area contributed by atoms with Gasteiger partial charge in [-0.2, -0.15) is 8.78 Å². The number of carbonyl (C=O) groups is 1. The number of hydrogen-bond donors (Lipinski definition) is 1. The van der Waals surface area contributed by atoms with Crippen molar-refractivity contribution in [2.45, 2.75) is 25.5 Å². The quantitative estimate of drug-likeness (QED) is 0.206. The topological polar surface area (TPSA) is 77.7 Å². The normalized spacial score (nSPS) is 11.2. The average Bonchev–Trinajstić information content (AvgIpc) is 2.95. The maximum atomic E-state index is 12.6. The number of benzene rings is 3. The molecule has 0 aliphatic carbocycles. The zero-order chi connectivity index (χ0) is 27.5. The molecule has 0 saturated carbocycles. The Kier molecular flexibility index (Phi) is 9.97. The first-order chi connectivity index (χ1) is 19.0. The summed E-state index contributed by atoms with van der Waals surface area (Å²) in [4.78, 5) is 17.7. The van der Waals surface area contributed by atoms with Gasteiger partial charge in [-0.25, -0.2) is 4.98 Å². The number of pyridine rings is 1. The molecule has 0 bridgehead atoms. The number of nitrogens with two attached hydrogens (primary N) is 1. The number of primary amides is 1. The van der Waals surface area contributed by atoms with E-state index >= 15 is 0 Å². The first kappa shape index (κ1) is 27.7.